The molecular formula is C14H20ClN3OS. The number of piperidine rings is 1. The summed E-state index contributed by atoms with van der Waals surface area (Å²) < 4.78 is 0. The van der Waals surface area contributed by atoms with Gasteiger partial charge in [0.2, 0.25) is 0 Å². The second-order valence-corrected chi connectivity index (χ2v) is 6.31. The Bertz CT molecular complexity index is 475. The topological polar surface area (TPSA) is 44.4 Å². The van der Waals surface area contributed by atoms with Gasteiger partial charge in [-0.2, -0.15) is 0 Å². The number of anilines is 1. The lowest BCUT2D eigenvalue weighted by molar-refractivity contribution is 0.221. The van der Waals surface area contributed by atoms with Gasteiger partial charge in [0.15, 0.2) is 0 Å². The van der Waals surface area contributed by atoms with Gasteiger partial charge >= 0.3 is 6.03 Å². The Morgan fingerprint density at radius 3 is 2.75 bits per heavy atom. The maximum Gasteiger partial charge on any atom is 0.319 e. The summed E-state index contributed by atoms with van der Waals surface area (Å²) in [7, 11) is 2.10. The van der Waals surface area contributed by atoms with Crippen molar-refractivity contribution in [1.82, 2.24) is 10.2 Å². The molecule has 0 unspecified atom stereocenters. The molecule has 1 aliphatic rings. The summed E-state index contributed by atoms with van der Waals surface area (Å²) in [6.45, 7) is 2.05. The van der Waals surface area contributed by atoms with Crippen LogP contribution in [0.1, 0.15) is 12.8 Å². The number of rotatable bonds is 3. The molecule has 4 nitrogen and oxygen atoms in total. The highest BCUT2D eigenvalue weighted by atomic mass is 35.5. The summed E-state index contributed by atoms with van der Waals surface area (Å²) >= 11 is 7.56. The van der Waals surface area contributed by atoms with Crippen LogP contribution < -0.4 is 10.6 Å². The summed E-state index contributed by atoms with van der Waals surface area (Å²) in [6, 6.07) is 5.62. The van der Waals surface area contributed by atoms with Crippen LogP contribution in [0.25, 0.3) is 0 Å². The Morgan fingerprint density at radius 1 is 1.40 bits per heavy atom. The summed E-state index contributed by atoms with van der Waals surface area (Å²) in [6.07, 6.45) is 3.97. The molecule has 1 aromatic rings. The average molecular weight is 314 g/mol. The van der Waals surface area contributed by atoms with E-state index in [0.29, 0.717) is 5.02 Å². The fourth-order valence-electron chi connectivity index (χ4n) is 2.27. The third-order valence-electron chi connectivity index (χ3n) is 3.46. The van der Waals surface area contributed by atoms with Crippen molar-refractivity contribution < 1.29 is 4.79 Å². The van der Waals surface area contributed by atoms with Crippen molar-refractivity contribution in [3.05, 3.63) is 23.2 Å². The normalized spacial score (nSPS) is 16.9. The van der Waals surface area contributed by atoms with Crippen molar-refractivity contribution in [2.75, 3.05) is 31.7 Å². The largest absolute Gasteiger partial charge is 0.335 e. The van der Waals surface area contributed by atoms with E-state index in [1.807, 2.05) is 18.4 Å². The molecular weight excluding hydrogens is 294 g/mol. The SMILES string of the molecule is CSc1ccc(Cl)cc1NC(=O)NC1CCN(C)CC1. The quantitative estimate of drug-likeness (QED) is 0.842. The molecule has 0 atom stereocenters. The molecule has 2 amide bonds. The number of hydrogen-bond acceptors (Lipinski definition) is 3. The monoisotopic (exact) mass is 313 g/mol. The highest BCUT2D eigenvalue weighted by Gasteiger charge is 2.18. The van der Waals surface area contributed by atoms with Crippen LogP contribution in [0.4, 0.5) is 10.5 Å². The van der Waals surface area contributed by atoms with E-state index in [2.05, 4.69) is 22.6 Å². The highest BCUT2D eigenvalue weighted by Crippen LogP contribution is 2.28. The first kappa shape index (κ1) is 15.5. The molecule has 1 fully saturated rings. The number of thioether (sulfide) groups is 1. The Hall–Kier alpha value is -0.910. The zero-order chi connectivity index (χ0) is 14.5. The maximum atomic E-state index is 12.1. The molecule has 110 valence electrons. The lowest BCUT2D eigenvalue weighted by atomic mass is 10.1. The summed E-state index contributed by atoms with van der Waals surface area (Å²) in [4.78, 5) is 15.3. The van der Waals surface area contributed by atoms with Crippen molar-refractivity contribution in [3.8, 4) is 0 Å². The number of nitrogens with one attached hydrogen (secondary N) is 2. The van der Waals surface area contributed by atoms with Gasteiger partial charge in [0.05, 0.1) is 5.69 Å². The van der Waals surface area contributed by atoms with Gasteiger partial charge in [0.1, 0.15) is 0 Å². The number of nitrogens with zero attached hydrogens (tertiary/aromatic N) is 1. The van der Waals surface area contributed by atoms with Gasteiger partial charge in [-0.05, 0) is 57.4 Å². The average Bonchev–Trinajstić information content (AvgIpc) is 2.41. The molecule has 0 bridgehead atoms. The van der Waals surface area contributed by atoms with Gasteiger partial charge in [-0.3, -0.25) is 0 Å². The van der Waals surface area contributed by atoms with Crippen LogP contribution in [-0.2, 0) is 0 Å². The smallest absolute Gasteiger partial charge is 0.319 e. The van der Waals surface area contributed by atoms with E-state index in [1.54, 1.807) is 17.8 Å². The summed E-state index contributed by atoms with van der Waals surface area (Å²) in [5.41, 5.74) is 0.760. The van der Waals surface area contributed by atoms with Gasteiger partial charge in [-0.25, -0.2) is 4.79 Å². The van der Waals surface area contributed by atoms with Crippen LogP contribution in [0.5, 0.6) is 0 Å². The van der Waals surface area contributed by atoms with Crippen LogP contribution in [0.2, 0.25) is 5.02 Å². The van der Waals surface area contributed by atoms with E-state index in [0.717, 1.165) is 36.5 Å². The van der Waals surface area contributed by atoms with E-state index in [9.17, 15) is 4.79 Å². The Morgan fingerprint density at radius 2 is 2.10 bits per heavy atom. The van der Waals surface area contributed by atoms with Gasteiger partial charge in [-0.15, -0.1) is 11.8 Å². The number of halogens is 1. The third kappa shape index (κ3) is 4.30. The van der Waals surface area contributed by atoms with Gasteiger partial charge in [0, 0.05) is 16.0 Å². The number of benzene rings is 1. The first-order valence-corrected chi connectivity index (χ1v) is 8.28. The molecule has 20 heavy (non-hydrogen) atoms. The van der Waals surface area contributed by atoms with E-state index < -0.39 is 0 Å². The molecule has 6 heteroatoms. The Labute approximate surface area is 129 Å². The fraction of sp³-hybridized carbons (Fsp3) is 0.500. The minimum atomic E-state index is -0.155. The number of amides is 2. The van der Waals surface area contributed by atoms with Crippen molar-refractivity contribution >= 4 is 35.1 Å². The molecule has 1 heterocycles. The highest BCUT2D eigenvalue weighted by molar-refractivity contribution is 7.98. The number of likely N-dealkylation sites (tertiary alicyclic amines) is 1. The molecule has 0 radical (unpaired) electrons. The number of hydrogen-bond donors (Lipinski definition) is 2. The first-order chi connectivity index (χ1) is 9.58. The molecule has 1 saturated heterocycles. The van der Waals surface area contributed by atoms with Crippen molar-refractivity contribution in [2.24, 2.45) is 0 Å². The molecule has 0 spiro atoms. The second kappa shape index (κ2) is 7.20. The molecule has 2 N–H and O–H groups in total. The van der Waals surface area contributed by atoms with E-state index in [1.165, 1.54) is 0 Å². The van der Waals surface area contributed by atoms with E-state index in [4.69, 9.17) is 11.6 Å². The summed E-state index contributed by atoms with van der Waals surface area (Å²) in [5.74, 6) is 0. The third-order valence-corrected chi connectivity index (χ3v) is 4.49. The van der Waals surface area contributed by atoms with Crippen LogP contribution in [0, 0.1) is 0 Å². The first-order valence-electron chi connectivity index (χ1n) is 6.68. The number of carbonyl (C=O) groups is 1. The van der Waals surface area contributed by atoms with E-state index in [-0.39, 0.29) is 12.1 Å². The second-order valence-electron chi connectivity index (χ2n) is 5.02. The zero-order valence-corrected chi connectivity index (χ0v) is 13.4. The summed E-state index contributed by atoms with van der Waals surface area (Å²) in [5, 5.41) is 6.54. The van der Waals surface area contributed by atoms with Gasteiger partial charge in [-0.1, -0.05) is 11.6 Å². The molecule has 2 rings (SSSR count). The molecule has 0 aliphatic carbocycles. The number of carbonyl (C=O) groups excluding carboxylic acids is 1. The lowest BCUT2D eigenvalue weighted by Crippen LogP contribution is -2.44. The van der Waals surface area contributed by atoms with Crippen molar-refractivity contribution in [1.29, 1.82) is 0 Å². The van der Waals surface area contributed by atoms with Gasteiger partial charge < -0.3 is 15.5 Å². The zero-order valence-electron chi connectivity index (χ0n) is 11.8. The number of urea groups is 1. The minimum Gasteiger partial charge on any atom is -0.335 e. The minimum absolute atomic E-state index is 0.155. The van der Waals surface area contributed by atoms with Gasteiger partial charge in [0.25, 0.3) is 0 Å². The standard InChI is InChI=1S/C14H20ClN3OS/c1-18-7-5-11(6-8-18)16-14(19)17-12-9-10(15)3-4-13(12)20-2/h3-4,9,11H,5-8H2,1-2H3,(H2,16,17,19). The van der Waals surface area contributed by atoms with Crippen LogP contribution in [-0.4, -0.2) is 43.4 Å². The Balaban J connectivity index is 1.92. The van der Waals surface area contributed by atoms with Crippen LogP contribution in [0.15, 0.2) is 23.1 Å². The molecule has 1 aromatic carbocycles. The Kier molecular flexibility index (Phi) is 5.57. The molecule has 1 aliphatic heterocycles. The van der Waals surface area contributed by atoms with Crippen molar-refractivity contribution in [2.45, 2.75) is 23.8 Å². The predicted octanol–water partition coefficient (Wildman–Crippen LogP) is 3.28. The molecule has 0 aromatic heterocycles. The molecule has 0 saturated carbocycles. The maximum absolute atomic E-state index is 12.1. The van der Waals surface area contributed by atoms with Crippen LogP contribution >= 0.6 is 23.4 Å². The van der Waals surface area contributed by atoms with Crippen molar-refractivity contribution in [3.63, 3.8) is 0 Å². The fourth-order valence-corrected chi connectivity index (χ4v) is 2.98. The lowest BCUT2D eigenvalue weighted by Gasteiger charge is -2.29. The van der Waals surface area contributed by atoms with Crippen LogP contribution in [0.3, 0.4) is 0 Å². The van der Waals surface area contributed by atoms with E-state index >= 15 is 0 Å². The predicted molar refractivity (Wildman–Crippen MR) is 85.9 cm³/mol.